The molecule has 0 atom stereocenters. The van der Waals surface area contributed by atoms with Gasteiger partial charge in [0.25, 0.3) is 0 Å². The van der Waals surface area contributed by atoms with Crippen LogP contribution in [0.5, 0.6) is 5.75 Å². The largest absolute Gasteiger partial charge is 0.492 e. The van der Waals surface area contributed by atoms with Crippen LogP contribution in [-0.2, 0) is 6.42 Å². The molecule has 4 aromatic rings. The summed E-state index contributed by atoms with van der Waals surface area (Å²) in [5.74, 6) is 1.14. The van der Waals surface area contributed by atoms with Gasteiger partial charge in [-0.1, -0.05) is 43.3 Å². The normalized spacial score (nSPS) is 14.4. The summed E-state index contributed by atoms with van der Waals surface area (Å²) in [4.78, 5) is 24.6. The van der Waals surface area contributed by atoms with E-state index in [1.54, 1.807) is 18.2 Å². The number of aromatic nitrogens is 2. The van der Waals surface area contributed by atoms with E-state index in [1.165, 1.54) is 11.3 Å². The number of H-pyrrole nitrogens is 1. The number of rotatable bonds is 8. The number of nitrogens with two attached hydrogens (primary N) is 1. The molecule has 7 nitrogen and oxygen atoms in total. The number of fused-ring (bicyclic) bond motifs is 1. The number of para-hydroxylation sites is 1. The van der Waals surface area contributed by atoms with Gasteiger partial charge < -0.3 is 20.4 Å². The molecule has 3 aromatic carbocycles. The number of piperazine rings is 1. The third kappa shape index (κ3) is 5.15. The summed E-state index contributed by atoms with van der Waals surface area (Å²) in [5, 5.41) is 0. The van der Waals surface area contributed by atoms with Crippen LogP contribution in [0, 0.1) is 0 Å². The molecule has 35 heavy (non-hydrogen) atoms. The van der Waals surface area contributed by atoms with Crippen LogP contribution in [0.1, 0.15) is 22.8 Å². The zero-order valence-corrected chi connectivity index (χ0v) is 20.0. The van der Waals surface area contributed by atoms with Crippen LogP contribution in [0.3, 0.4) is 0 Å². The first kappa shape index (κ1) is 22.9. The third-order valence-corrected chi connectivity index (χ3v) is 6.63. The second-order valence-corrected chi connectivity index (χ2v) is 8.88. The quantitative estimate of drug-likeness (QED) is 0.406. The minimum absolute atomic E-state index is 0.444. The number of nitrogens with zero attached hydrogens (tertiary/aromatic N) is 3. The van der Waals surface area contributed by atoms with Crippen molar-refractivity contribution in [1.82, 2.24) is 14.9 Å². The maximum absolute atomic E-state index is 11.3. The standard InChI is InChI=1S/C28H31N5O2/c1-2-20-9-11-21(12-10-20)28-30-24-7-4-8-25(26(24)31-28)33-15-13-32(14-16-33)17-18-35-23-6-3-5-22(19-23)27(29)34/h3-12,19H,2,13-18H2,1H3,(H2,29,34)(H,30,31). The number of carbonyl (C=O) groups excluding carboxylic acids is 1. The minimum Gasteiger partial charge on any atom is -0.492 e. The zero-order valence-electron chi connectivity index (χ0n) is 20.0. The molecule has 180 valence electrons. The Bertz CT molecular complexity index is 1310. The number of amides is 1. The highest BCUT2D eigenvalue weighted by Crippen LogP contribution is 2.29. The van der Waals surface area contributed by atoms with Gasteiger partial charge in [0.15, 0.2) is 0 Å². The molecule has 0 spiro atoms. The smallest absolute Gasteiger partial charge is 0.248 e. The molecule has 1 aliphatic heterocycles. The lowest BCUT2D eigenvalue weighted by Gasteiger charge is -2.36. The van der Waals surface area contributed by atoms with Gasteiger partial charge in [0.2, 0.25) is 5.91 Å². The fourth-order valence-corrected chi connectivity index (χ4v) is 4.55. The molecule has 1 saturated heterocycles. The zero-order chi connectivity index (χ0) is 24.2. The van der Waals surface area contributed by atoms with E-state index in [2.05, 4.69) is 64.2 Å². The van der Waals surface area contributed by atoms with Gasteiger partial charge in [-0.05, 0) is 42.3 Å². The number of aromatic amines is 1. The Balaban J connectivity index is 1.20. The number of benzene rings is 3. The minimum atomic E-state index is -0.444. The summed E-state index contributed by atoms with van der Waals surface area (Å²) in [6.07, 6.45) is 1.03. The van der Waals surface area contributed by atoms with Crippen molar-refractivity contribution in [1.29, 1.82) is 0 Å². The van der Waals surface area contributed by atoms with E-state index in [-0.39, 0.29) is 0 Å². The molecule has 0 aliphatic carbocycles. The van der Waals surface area contributed by atoms with Crippen LogP contribution in [0.15, 0.2) is 66.7 Å². The van der Waals surface area contributed by atoms with E-state index >= 15 is 0 Å². The van der Waals surface area contributed by atoms with Gasteiger partial charge in [0, 0.05) is 43.9 Å². The molecule has 0 bridgehead atoms. The monoisotopic (exact) mass is 469 g/mol. The van der Waals surface area contributed by atoms with E-state index in [9.17, 15) is 4.79 Å². The molecular formula is C28H31N5O2. The summed E-state index contributed by atoms with van der Waals surface area (Å²) in [6.45, 7) is 7.34. The van der Waals surface area contributed by atoms with Crippen molar-refractivity contribution in [3.8, 4) is 17.1 Å². The predicted octanol–water partition coefficient (Wildman–Crippen LogP) is 4.09. The number of primary amides is 1. The van der Waals surface area contributed by atoms with Gasteiger partial charge in [-0.25, -0.2) is 4.98 Å². The molecule has 7 heteroatoms. The second kappa shape index (κ2) is 10.2. The molecule has 2 heterocycles. The fourth-order valence-electron chi connectivity index (χ4n) is 4.55. The molecule has 5 rings (SSSR count). The summed E-state index contributed by atoms with van der Waals surface area (Å²) in [5.41, 5.74) is 11.5. The fraction of sp³-hybridized carbons (Fsp3) is 0.286. The first-order valence-electron chi connectivity index (χ1n) is 12.2. The first-order chi connectivity index (χ1) is 17.1. The summed E-state index contributed by atoms with van der Waals surface area (Å²) < 4.78 is 5.85. The molecule has 0 saturated carbocycles. The molecule has 1 fully saturated rings. The van der Waals surface area contributed by atoms with Crippen molar-refractivity contribution in [2.75, 3.05) is 44.2 Å². The number of aryl methyl sites for hydroxylation is 1. The Morgan fingerprint density at radius 1 is 1.03 bits per heavy atom. The van der Waals surface area contributed by atoms with Crippen molar-refractivity contribution in [2.45, 2.75) is 13.3 Å². The van der Waals surface area contributed by atoms with E-state index in [4.69, 9.17) is 15.5 Å². The average molecular weight is 470 g/mol. The number of carbonyl (C=O) groups is 1. The van der Waals surface area contributed by atoms with E-state index < -0.39 is 5.91 Å². The lowest BCUT2D eigenvalue weighted by atomic mass is 10.1. The maximum Gasteiger partial charge on any atom is 0.248 e. The van der Waals surface area contributed by atoms with Gasteiger partial charge in [0.05, 0.1) is 11.2 Å². The number of nitrogens with one attached hydrogen (secondary N) is 1. The lowest BCUT2D eigenvalue weighted by Crippen LogP contribution is -2.47. The third-order valence-electron chi connectivity index (χ3n) is 6.63. The molecule has 0 unspecified atom stereocenters. The van der Waals surface area contributed by atoms with Crippen LogP contribution < -0.4 is 15.4 Å². The molecule has 1 aromatic heterocycles. The highest BCUT2D eigenvalue weighted by molar-refractivity contribution is 5.93. The topological polar surface area (TPSA) is 87.5 Å². The Hall–Kier alpha value is -3.84. The van der Waals surface area contributed by atoms with Crippen LogP contribution >= 0.6 is 0 Å². The molecular weight excluding hydrogens is 438 g/mol. The first-order valence-corrected chi connectivity index (χ1v) is 12.2. The summed E-state index contributed by atoms with van der Waals surface area (Å²) in [6, 6.07) is 22.0. The van der Waals surface area contributed by atoms with Crippen LogP contribution in [-0.4, -0.2) is 60.1 Å². The molecule has 1 amide bonds. The van der Waals surface area contributed by atoms with Gasteiger partial charge in [0.1, 0.15) is 23.7 Å². The van der Waals surface area contributed by atoms with Gasteiger partial charge in [-0.15, -0.1) is 0 Å². The maximum atomic E-state index is 11.3. The number of hydrogen-bond acceptors (Lipinski definition) is 5. The van der Waals surface area contributed by atoms with Crippen molar-refractivity contribution >= 4 is 22.6 Å². The number of anilines is 1. The Labute approximate surface area is 205 Å². The Morgan fingerprint density at radius 3 is 2.54 bits per heavy atom. The lowest BCUT2D eigenvalue weighted by molar-refractivity contribution is 0.0999. The molecule has 0 radical (unpaired) electrons. The van der Waals surface area contributed by atoms with Crippen molar-refractivity contribution in [3.05, 3.63) is 77.9 Å². The summed E-state index contributed by atoms with van der Waals surface area (Å²) >= 11 is 0. The van der Waals surface area contributed by atoms with Crippen molar-refractivity contribution in [3.63, 3.8) is 0 Å². The summed E-state index contributed by atoms with van der Waals surface area (Å²) in [7, 11) is 0. The van der Waals surface area contributed by atoms with Crippen LogP contribution in [0.25, 0.3) is 22.4 Å². The van der Waals surface area contributed by atoms with Crippen LogP contribution in [0.2, 0.25) is 0 Å². The van der Waals surface area contributed by atoms with Gasteiger partial charge in [-0.2, -0.15) is 0 Å². The van der Waals surface area contributed by atoms with Crippen molar-refractivity contribution < 1.29 is 9.53 Å². The molecule has 3 N–H and O–H groups in total. The van der Waals surface area contributed by atoms with Gasteiger partial charge >= 0.3 is 0 Å². The predicted molar refractivity (Wildman–Crippen MR) is 140 cm³/mol. The van der Waals surface area contributed by atoms with E-state index in [1.807, 2.05) is 6.07 Å². The number of imidazole rings is 1. The van der Waals surface area contributed by atoms with Gasteiger partial charge in [-0.3, -0.25) is 9.69 Å². The van der Waals surface area contributed by atoms with Crippen LogP contribution in [0.4, 0.5) is 5.69 Å². The second-order valence-electron chi connectivity index (χ2n) is 8.88. The SMILES string of the molecule is CCc1ccc(-c2nc3c(N4CCN(CCOc5cccc(C(N)=O)c5)CC4)cccc3[nH]2)cc1. The number of hydrogen-bond donors (Lipinski definition) is 2. The Morgan fingerprint density at radius 2 is 1.80 bits per heavy atom. The highest BCUT2D eigenvalue weighted by Gasteiger charge is 2.20. The highest BCUT2D eigenvalue weighted by atomic mass is 16.5. The molecule has 1 aliphatic rings. The van der Waals surface area contributed by atoms with E-state index in [0.29, 0.717) is 17.9 Å². The van der Waals surface area contributed by atoms with E-state index in [0.717, 1.165) is 61.6 Å². The average Bonchev–Trinajstić information content (AvgIpc) is 3.34. The number of ether oxygens (including phenoxy) is 1. The van der Waals surface area contributed by atoms with Crippen molar-refractivity contribution in [2.24, 2.45) is 5.73 Å². The Kier molecular flexibility index (Phi) is 6.68.